The molecule has 0 aliphatic carbocycles. The Hall–Kier alpha value is -0.630. The number of nitrogens with one attached hydrogen (secondary N) is 2. The second-order valence-corrected chi connectivity index (χ2v) is 6.66. The van der Waals surface area contributed by atoms with E-state index in [1.54, 1.807) is 0 Å². The lowest BCUT2D eigenvalue weighted by atomic mass is 10.0. The minimum atomic E-state index is -0.975. The molecule has 0 aromatic carbocycles. The number of hydrogen-bond acceptors (Lipinski definition) is 4. The molecule has 1 saturated heterocycles. The average molecular weight is 520 g/mol. The van der Waals surface area contributed by atoms with Crippen LogP contribution in [0.1, 0.15) is 17.0 Å². The van der Waals surface area contributed by atoms with Crippen LogP contribution in [0.4, 0.5) is 4.79 Å². The molecular formula is C11H14I2N4O4. The van der Waals surface area contributed by atoms with Gasteiger partial charge in [-0.2, -0.15) is 0 Å². The summed E-state index contributed by atoms with van der Waals surface area (Å²) < 4.78 is 6.84. The third-order valence-electron chi connectivity index (χ3n) is 3.28. The number of piperidine rings is 1. The molecule has 3 N–H and O–H groups in total. The van der Waals surface area contributed by atoms with Crippen LogP contribution in [0.25, 0.3) is 0 Å². The fraction of sp³-hybridized carbons (Fsp3) is 0.545. The lowest BCUT2D eigenvalue weighted by Gasteiger charge is -2.36. The van der Waals surface area contributed by atoms with Crippen molar-refractivity contribution in [3.63, 3.8) is 0 Å². The summed E-state index contributed by atoms with van der Waals surface area (Å²) in [6.07, 6.45) is -0.838. The number of imidazole rings is 1. The third kappa shape index (κ3) is 3.97. The Balaban J connectivity index is 2.01. The summed E-state index contributed by atoms with van der Waals surface area (Å²) in [5.74, 6) is -0.0639. The predicted molar refractivity (Wildman–Crippen MR) is 90.3 cm³/mol. The maximum absolute atomic E-state index is 12.2. The molecule has 1 fully saturated rings. The van der Waals surface area contributed by atoms with Gasteiger partial charge in [-0.05, 0) is 51.6 Å². The van der Waals surface area contributed by atoms with Gasteiger partial charge in [0, 0.05) is 13.7 Å². The number of hydrogen-bond donors (Lipinski definition) is 3. The molecule has 1 aromatic rings. The van der Waals surface area contributed by atoms with Crippen molar-refractivity contribution in [2.75, 3.05) is 20.2 Å². The maximum atomic E-state index is 12.2. The highest BCUT2D eigenvalue weighted by molar-refractivity contribution is 14.1. The van der Waals surface area contributed by atoms with E-state index in [9.17, 15) is 9.59 Å². The number of carbonyl (C=O) groups excluding carboxylic acids is 1. The van der Waals surface area contributed by atoms with E-state index in [0.717, 1.165) is 7.40 Å². The Morgan fingerprint density at radius 3 is 2.76 bits per heavy atom. The van der Waals surface area contributed by atoms with Gasteiger partial charge in [0.25, 0.3) is 5.91 Å². The highest BCUT2D eigenvalue weighted by Crippen LogP contribution is 2.16. The molecule has 1 aromatic heterocycles. The SMILES string of the molecule is CO[C@H]1CN(C(=O)O)CC[C@H]1NC(=O)c1nc(I)c(I)[nH]1. The number of rotatable bonds is 3. The first kappa shape index (κ1) is 16.7. The lowest BCUT2D eigenvalue weighted by Crippen LogP contribution is -2.55. The molecule has 10 heteroatoms. The second-order valence-electron chi connectivity index (χ2n) is 4.56. The number of H-pyrrole nitrogens is 1. The Labute approximate surface area is 148 Å². The number of halogens is 2. The zero-order chi connectivity index (χ0) is 15.6. The van der Waals surface area contributed by atoms with Crippen LogP contribution in [0.15, 0.2) is 0 Å². The topological polar surface area (TPSA) is 108 Å². The van der Waals surface area contributed by atoms with Crippen LogP contribution < -0.4 is 5.32 Å². The van der Waals surface area contributed by atoms with Crippen molar-refractivity contribution in [1.82, 2.24) is 20.2 Å². The summed E-state index contributed by atoms with van der Waals surface area (Å²) >= 11 is 4.11. The van der Waals surface area contributed by atoms with E-state index in [1.807, 2.05) is 22.6 Å². The molecule has 0 radical (unpaired) electrons. The van der Waals surface area contributed by atoms with Crippen molar-refractivity contribution >= 4 is 57.2 Å². The van der Waals surface area contributed by atoms with Crippen molar-refractivity contribution < 1.29 is 19.4 Å². The second kappa shape index (κ2) is 7.09. The van der Waals surface area contributed by atoms with Crippen LogP contribution in [-0.4, -0.2) is 64.3 Å². The largest absolute Gasteiger partial charge is 0.465 e. The molecule has 1 aliphatic rings. The van der Waals surface area contributed by atoms with Crippen molar-refractivity contribution in [2.24, 2.45) is 0 Å². The van der Waals surface area contributed by atoms with Gasteiger partial charge >= 0.3 is 6.09 Å². The van der Waals surface area contributed by atoms with E-state index in [0.29, 0.717) is 13.0 Å². The number of ether oxygens (including phenoxy) is 1. The van der Waals surface area contributed by atoms with Gasteiger partial charge in [-0.3, -0.25) is 4.79 Å². The molecule has 21 heavy (non-hydrogen) atoms. The standard InChI is InChI=1S/C11H14I2N4O4/c1-21-6-4-17(11(19)20)3-2-5(6)14-10(18)9-15-7(12)8(13)16-9/h5-6H,2-4H2,1H3,(H,14,18)(H,15,16)(H,19,20)/t5-,6+/m1/s1. The quantitative estimate of drug-likeness (QED) is 0.519. The molecule has 2 amide bonds. The maximum Gasteiger partial charge on any atom is 0.407 e. The smallest absolute Gasteiger partial charge is 0.407 e. The number of nitrogens with zero attached hydrogens (tertiary/aromatic N) is 2. The predicted octanol–water partition coefficient (Wildman–Crippen LogP) is 1.12. The van der Waals surface area contributed by atoms with Crippen LogP contribution in [-0.2, 0) is 4.74 Å². The highest BCUT2D eigenvalue weighted by atomic mass is 127. The first-order valence-corrected chi connectivity index (χ1v) is 8.30. The Kier molecular flexibility index (Phi) is 5.65. The average Bonchev–Trinajstić information content (AvgIpc) is 2.79. The van der Waals surface area contributed by atoms with Crippen LogP contribution in [0.5, 0.6) is 0 Å². The summed E-state index contributed by atoms with van der Waals surface area (Å²) in [5, 5.41) is 11.8. The van der Waals surface area contributed by atoms with Crippen LogP contribution >= 0.6 is 45.2 Å². The molecule has 0 spiro atoms. The summed E-state index contributed by atoms with van der Waals surface area (Å²) in [4.78, 5) is 31.5. The van der Waals surface area contributed by atoms with Gasteiger partial charge < -0.3 is 25.0 Å². The number of carbonyl (C=O) groups is 2. The lowest BCUT2D eigenvalue weighted by molar-refractivity contribution is 0.0100. The van der Waals surface area contributed by atoms with E-state index in [1.165, 1.54) is 12.0 Å². The van der Waals surface area contributed by atoms with E-state index in [-0.39, 0.29) is 30.4 Å². The molecule has 2 heterocycles. The van der Waals surface area contributed by atoms with Crippen LogP contribution in [0, 0.1) is 7.40 Å². The molecular weight excluding hydrogens is 506 g/mol. The van der Waals surface area contributed by atoms with Gasteiger partial charge in [0.15, 0.2) is 5.82 Å². The van der Waals surface area contributed by atoms with Crippen molar-refractivity contribution in [1.29, 1.82) is 0 Å². The fourth-order valence-corrected chi connectivity index (χ4v) is 2.92. The molecule has 116 valence electrons. The number of likely N-dealkylation sites (tertiary alicyclic amines) is 1. The first-order valence-electron chi connectivity index (χ1n) is 6.15. The van der Waals surface area contributed by atoms with Gasteiger partial charge in [0.1, 0.15) is 7.40 Å². The summed E-state index contributed by atoms with van der Waals surface area (Å²) in [5.41, 5.74) is 0. The number of amides is 2. The molecule has 8 nitrogen and oxygen atoms in total. The molecule has 2 atom stereocenters. The Morgan fingerprint density at radius 2 is 2.24 bits per heavy atom. The van der Waals surface area contributed by atoms with Gasteiger partial charge in [0.05, 0.1) is 18.7 Å². The Bertz CT molecular complexity index is 531. The zero-order valence-corrected chi connectivity index (χ0v) is 15.4. The highest BCUT2D eigenvalue weighted by Gasteiger charge is 2.33. The first-order chi connectivity index (χ1) is 9.92. The molecule has 0 saturated carbocycles. The molecule has 2 rings (SSSR count). The van der Waals surface area contributed by atoms with Gasteiger partial charge in [-0.1, -0.05) is 0 Å². The van der Waals surface area contributed by atoms with Gasteiger partial charge in [0.2, 0.25) is 0 Å². The van der Waals surface area contributed by atoms with Crippen molar-refractivity contribution in [2.45, 2.75) is 18.6 Å². The number of aromatic amines is 1. The molecule has 1 aliphatic heterocycles. The normalized spacial score (nSPS) is 22.1. The van der Waals surface area contributed by atoms with Crippen LogP contribution in [0.3, 0.4) is 0 Å². The molecule has 0 bridgehead atoms. The summed E-state index contributed by atoms with van der Waals surface area (Å²) in [7, 11) is 1.51. The monoisotopic (exact) mass is 520 g/mol. The number of aromatic nitrogens is 2. The third-order valence-corrected chi connectivity index (χ3v) is 5.88. The van der Waals surface area contributed by atoms with E-state index >= 15 is 0 Å². The minimum absolute atomic E-state index is 0.237. The van der Waals surface area contributed by atoms with Crippen LogP contribution in [0.2, 0.25) is 0 Å². The number of carboxylic acid groups (broad SMARTS) is 1. The molecule has 0 unspecified atom stereocenters. The van der Waals surface area contributed by atoms with Gasteiger partial charge in [-0.25, -0.2) is 9.78 Å². The Morgan fingerprint density at radius 1 is 1.52 bits per heavy atom. The van der Waals surface area contributed by atoms with E-state index in [4.69, 9.17) is 9.84 Å². The summed E-state index contributed by atoms with van der Waals surface area (Å²) in [6.45, 7) is 0.608. The van der Waals surface area contributed by atoms with Gasteiger partial charge in [-0.15, -0.1) is 0 Å². The number of methoxy groups -OCH3 is 1. The zero-order valence-electron chi connectivity index (χ0n) is 11.1. The minimum Gasteiger partial charge on any atom is -0.465 e. The van der Waals surface area contributed by atoms with Crippen molar-refractivity contribution in [3.05, 3.63) is 13.2 Å². The van der Waals surface area contributed by atoms with Crippen molar-refractivity contribution in [3.8, 4) is 0 Å². The van der Waals surface area contributed by atoms with E-state index < -0.39 is 6.09 Å². The fourth-order valence-electron chi connectivity index (χ4n) is 2.17. The van der Waals surface area contributed by atoms with E-state index in [2.05, 4.69) is 37.9 Å². The summed E-state index contributed by atoms with van der Waals surface area (Å²) in [6, 6.07) is -0.237.